The lowest BCUT2D eigenvalue weighted by atomic mass is 10.2. The molecule has 0 bridgehead atoms. The first kappa shape index (κ1) is 13.1. The summed E-state index contributed by atoms with van der Waals surface area (Å²) in [7, 11) is 0. The lowest BCUT2D eigenvalue weighted by Gasteiger charge is -2.10. The molecule has 5 heteroatoms. The van der Waals surface area contributed by atoms with E-state index in [1.54, 1.807) is 18.2 Å². The average Bonchev–Trinajstić information content (AvgIpc) is 2.35. The highest BCUT2D eigenvalue weighted by Gasteiger charge is 2.06. The number of phenols is 2. The van der Waals surface area contributed by atoms with E-state index in [9.17, 15) is 10.2 Å². The van der Waals surface area contributed by atoms with Crippen LogP contribution < -0.4 is 5.32 Å². The zero-order valence-corrected chi connectivity index (χ0v) is 11.7. The fraction of sp³-hybridized carbons (Fsp3) is 0.0769. The van der Waals surface area contributed by atoms with Crippen molar-refractivity contribution in [3.05, 3.63) is 51.5 Å². The van der Waals surface area contributed by atoms with Crippen molar-refractivity contribution >= 4 is 33.2 Å². The topological polar surface area (TPSA) is 52.5 Å². The molecular weight excluding hydrogens is 318 g/mol. The van der Waals surface area contributed by atoms with Crippen molar-refractivity contribution in [2.24, 2.45) is 0 Å². The van der Waals surface area contributed by atoms with E-state index in [1.807, 2.05) is 12.1 Å². The van der Waals surface area contributed by atoms with Gasteiger partial charge in [-0.05, 0) is 24.3 Å². The standard InChI is InChI=1S/C13H11BrClNO2/c14-9-4-5-10(15)11(6-9)16-7-8-2-1-3-12(17)13(8)18/h1-6,16-18H,7H2. The molecule has 2 aromatic rings. The van der Waals surface area contributed by atoms with Crippen LogP contribution >= 0.6 is 27.5 Å². The second-order valence-electron chi connectivity index (χ2n) is 3.76. The summed E-state index contributed by atoms with van der Waals surface area (Å²) in [6.07, 6.45) is 0. The molecule has 2 aromatic carbocycles. The maximum absolute atomic E-state index is 9.67. The summed E-state index contributed by atoms with van der Waals surface area (Å²) in [5.74, 6) is -0.245. The summed E-state index contributed by atoms with van der Waals surface area (Å²) in [5, 5.41) is 22.8. The summed E-state index contributed by atoms with van der Waals surface area (Å²) in [4.78, 5) is 0. The molecule has 3 nitrogen and oxygen atoms in total. The van der Waals surface area contributed by atoms with Crippen LogP contribution in [-0.4, -0.2) is 10.2 Å². The lowest BCUT2D eigenvalue weighted by molar-refractivity contribution is 0.400. The first-order valence-electron chi connectivity index (χ1n) is 5.26. The first-order valence-corrected chi connectivity index (χ1v) is 6.44. The van der Waals surface area contributed by atoms with E-state index in [2.05, 4.69) is 21.2 Å². The van der Waals surface area contributed by atoms with Crippen molar-refractivity contribution in [2.45, 2.75) is 6.54 Å². The second-order valence-corrected chi connectivity index (χ2v) is 5.09. The molecule has 0 amide bonds. The quantitative estimate of drug-likeness (QED) is 0.743. The molecular formula is C13H11BrClNO2. The number of nitrogens with one attached hydrogen (secondary N) is 1. The van der Waals surface area contributed by atoms with Crippen LogP contribution in [0.4, 0.5) is 5.69 Å². The number of para-hydroxylation sites is 1. The highest BCUT2D eigenvalue weighted by molar-refractivity contribution is 9.10. The van der Waals surface area contributed by atoms with Gasteiger partial charge < -0.3 is 15.5 Å². The van der Waals surface area contributed by atoms with Gasteiger partial charge in [-0.15, -0.1) is 0 Å². The predicted octanol–water partition coefficient (Wildman–Crippen LogP) is 4.13. The Morgan fingerprint density at radius 1 is 1.17 bits per heavy atom. The van der Waals surface area contributed by atoms with Gasteiger partial charge in [-0.2, -0.15) is 0 Å². The number of aromatic hydroxyl groups is 2. The first-order chi connectivity index (χ1) is 8.58. The minimum Gasteiger partial charge on any atom is -0.504 e. The number of rotatable bonds is 3. The third-order valence-electron chi connectivity index (χ3n) is 2.50. The van der Waals surface area contributed by atoms with Crippen molar-refractivity contribution in [1.29, 1.82) is 0 Å². The molecule has 94 valence electrons. The normalized spacial score (nSPS) is 10.3. The van der Waals surface area contributed by atoms with E-state index in [4.69, 9.17) is 11.6 Å². The van der Waals surface area contributed by atoms with Crippen LogP contribution in [0.1, 0.15) is 5.56 Å². The Balaban J connectivity index is 2.16. The molecule has 0 aliphatic heterocycles. The van der Waals surface area contributed by atoms with Gasteiger partial charge in [-0.3, -0.25) is 0 Å². The van der Waals surface area contributed by atoms with Crippen LogP contribution in [0.25, 0.3) is 0 Å². The number of phenolic OH excluding ortho intramolecular Hbond substituents is 2. The molecule has 0 spiro atoms. The predicted molar refractivity (Wildman–Crippen MR) is 76.3 cm³/mol. The van der Waals surface area contributed by atoms with Crippen LogP contribution in [0.15, 0.2) is 40.9 Å². The third-order valence-corrected chi connectivity index (χ3v) is 3.32. The number of anilines is 1. The molecule has 0 heterocycles. The average molecular weight is 329 g/mol. The van der Waals surface area contributed by atoms with Crippen LogP contribution in [0, 0.1) is 0 Å². The van der Waals surface area contributed by atoms with E-state index >= 15 is 0 Å². The smallest absolute Gasteiger partial charge is 0.162 e. The van der Waals surface area contributed by atoms with E-state index < -0.39 is 0 Å². The maximum atomic E-state index is 9.67. The monoisotopic (exact) mass is 327 g/mol. The summed E-state index contributed by atoms with van der Waals surface area (Å²) < 4.78 is 0.912. The summed E-state index contributed by atoms with van der Waals surface area (Å²) >= 11 is 9.40. The van der Waals surface area contributed by atoms with Crippen molar-refractivity contribution in [3.63, 3.8) is 0 Å². The summed E-state index contributed by atoms with van der Waals surface area (Å²) in [6, 6.07) is 10.3. The Bertz CT molecular complexity index is 573. The molecule has 0 aliphatic carbocycles. The van der Waals surface area contributed by atoms with Crippen LogP contribution in [0.5, 0.6) is 11.5 Å². The van der Waals surface area contributed by atoms with Gasteiger partial charge in [0.25, 0.3) is 0 Å². The highest BCUT2D eigenvalue weighted by atomic mass is 79.9. The molecule has 0 aliphatic rings. The Kier molecular flexibility index (Phi) is 3.99. The van der Waals surface area contributed by atoms with Gasteiger partial charge in [0, 0.05) is 16.6 Å². The van der Waals surface area contributed by atoms with Gasteiger partial charge in [0.1, 0.15) is 0 Å². The number of benzene rings is 2. The van der Waals surface area contributed by atoms with Gasteiger partial charge in [0.05, 0.1) is 10.7 Å². The molecule has 0 aromatic heterocycles. The molecule has 2 rings (SSSR count). The minimum atomic E-state index is -0.130. The van der Waals surface area contributed by atoms with Crippen molar-refractivity contribution in [2.75, 3.05) is 5.32 Å². The van der Waals surface area contributed by atoms with Crippen molar-refractivity contribution < 1.29 is 10.2 Å². The molecule has 0 saturated heterocycles. The highest BCUT2D eigenvalue weighted by Crippen LogP contribution is 2.30. The third kappa shape index (κ3) is 2.89. The Morgan fingerprint density at radius 2 is 1.94 bits per heavy atom. The maximum Gasteiger partial charge on any atom is 0.162 e. The summed E-state index contributed by atoms with van der Waals surface area (Å²) in [6.45, 7) is 0.371. The largest absolute Gasteiger partial charge is 0.504 e. The SMILES string of the molecule is Oc1cccc(CNc2cc(Br)ccc2Cl)c1O. The van der Waals surface area contributed by atoms with E-state index in [1.165, 1.54) is 6.07 Å². The lowest BCUT2D eigenvalue weighted by Crippen LogP contribution is -2.00. The molecule has 0 radical (unpaired) electrons. The molecule has 0 fully saturated rings. The van der Waals surface area contributed by atoms with E-state index in [0.717, 1.165) is 10.2 Å². The summed E-state index contributed by atoms with van der Waals surface area (Å²) in [5.41, 5.74) is 1.36. The van der Waals surface area contributed by atoms with Gasteiger partial charge in [0.15, 0.2) is 11.5 Å². The zero-order valence-electron chi connectivity index (χ0n) is 9.32. The van der Waals surface area contributed by atoms with Gasteiger partial charge in [-0.25, -0.2) is 0 Å². The van der Waals surface area contributed by atoms with E-state index in [-0.39, 0.29) is 11.5 Å². The van der Waals surface area contributed by atoms with Gasteiger partial charge >= 0.3 is 0 Å². The Labute approximate surface area is 118 Å². The molecule has 0 atom stereocenters. The Hall–Kier alpha value is -1.39. The van der Waals surface area contributed by atoms with Crippen molar-refractivity contribution in [3.8, 4) is 11.5 Å². The van der Waals surface area contributed by atoms with Crippen LogP contribution in [0.3, 0.4) is 0 Å². The van der Waals surface area contributed by atoms with Gasteiger partial charge in [-0.1, -0.05) is 39.7 Å². The number of hydrogen-bond donors (Lipinski definition) is 3. The van der Waals surface area contributed by atoms with E-state index in [0.29, 0.717) is 17.1 Å². The van der Waals surface area contributed by atoms with Crippen LogP contribution in [0.2, 0.25) is 5.02 Å². The molecule has 0 unspecified atom stereocenters. The van der Waals surface area contributed by atoms with Crippen LogP contribution in [-0.2, 0) is 6.54 Å². The molecule has 3 N–H and O–H groups in total. The fourth-order valence-corrected chi connectivity index (χ4v) is 2.09. The minimum absolute atomic E-state index is 0.115. The Morgan fingerprint density at radius 3 is 2.72 bits per heavy atom. The number of hydrogen-bond acceptors (Lipinski definition) is 3. The second kappa shape index (κ2) is 5.50. The van der Waals surface area contributed by atoms with Gasteiger partial charge in [0.2, 0.25) is 0 Å². The molecule has 18 heavy (non-hydrogen) atoms. The number of halogens is 2. The molecule has 0 saturated carbocycles. The van der Waals surface area contributed by atoms with Crippen molar-refractivity contribution in [1.82, 2.24) is 0 Å². The fourth-order valence-electron chi connectivity index (χ4n) is 1.54. The zero-order chi connectivity index (χ0) is 13.1.